The van der Waals surface area contributed by atoms with E-state index in [0.29, 0.717) is 0 Å². The van der Waals surface area contributed by atoms with E-state index in [1.807, 2.05) is 0 Å². The van der Waals surface area contributed by atoms with E-state index in [-0.39, 0.29) is 6.61 Å². The van der Waals surface area contributed by atoms with Gasteiger partial charge in [0.25, 0.3) is 0 Å². The molecule has 1 atom stereocenters. The molecule has 0 aromatic carbocycles. The highest BCUT2D eigenvalue weighted by Crippen LogP contribution is 1.91. The lowest BCUT2D eigenvalue weighted by Crippen LogP contribution is -2.27. The zero-order valence-electron chi connectivity index (χ0n) is 5.86. The summed E-state index contributed by atoms with van der Waals surface area (Å²) in [5.74, 6) is -0.785. The molecular formula is C5H9NO4. The maximum Gasteiger partial charge on any atom is 0.381 e. The number of nitro groups is 1. The van der Waals surface area contributed by atoms with Crippen molar-refractivity contribution in [1.82, 2.24) is 0 Å². The predicted molar refractivity (Wildman–Crippen MR) is 33.1 cm³/mol. The van der Waals surface area contributed by atoms with Crippen LogP contribution in [0.2, 0.25) is 0 Å². The molecule has 0 aliphatic rings. The first-order valence-electron chi connectivity index (χ1n) is 2.89. The zero-order valence-corrected chi connectivity index (χ0v) is 5.86. The monoisotopic (exact) mass is 147 g/mol. The molecule has 5 heteroatoms. The van der Waals surface area contributed by atoms with Gasteiger partial charge in [-0.05, 0) is 6.92 Å². The Morgan fingerprint density at radius 2 is 2.30 bits per heavy atom. The van der Waals surface area contributed by atoms with Gasteiger partial charge in [0.15, 0.2) is 0 Å². The first-order valence-corrected chi connectivity index (χ1v) is 2.89. The Morgan fingerprint density at radius 3 is 2.60 bits per heavy atom. The molecule has 0 aliphatic carbocycles. The van der Waals surface area contributed by atoms with Crippen LogP contribution in [0, 0.1) is 10.1 Å². The third kappa shape index (κ3) is 2.43. The van der Waals surface area contributed by atoms with E-state index in [4.69, 9.17) is 0 Å². The summed E-state index contributed by atoms with van der Waals surface area (Å²) in [5.41, 5.74) is 0. The van der Waals surface area contributed by atoms with E-state index in [1.165, 1.54) is 6.92 Å². The molecule has 5 nitrogen and oxygen atoms in total. The Morgan fingerprint density at radius 1 is 1.80 bits per heavy atom. The second kappa shape index (κ2) is 3.81. The average Bonchev–Trinajstić information content (AvgIpc) is 1.87. The second-order valence-corrected chi connectivity index (χ2v) is 1.71. The Kier molecular flexibility index (Phi) is 3.38. The first-order chi connectivity index (χ1) is 4.59. The van der Waals surface area contributed by atoms with Gasteiger partial charge in [-0.2, -0.15) is 0 Å². The fraction of sp³-hybridized carbons (Fsp3) is 0.800. The van der Waals surface area contributed by atoms with Gasteiger partial charge < -0.3 is 4.74 Å². The lowest BCUT2D eigenvalue weighted by Gasteiger charge is -2.01. The van der Waals surface area contributed by atoms with Crippen molar-refractivity contribution in [2.75, 3.05) is 6.61 Å². The quantitative estimate of drug-likeness (QED) is 0.325. The summed E-state index contributed by atoms with van der Waals surface area (Å²) in [6.07, 6.45) is 0. The lowest BCUT2D eigenvalue weighted by molar-refractivity contribution is -0.506. The Bertz CT molecular complexity index is 145. The molecule has 0 fully saturated rings. The van der Waals surface area contributed by atoms with E-state index in [0.717, 1.165) is 0 Å². The molecule has 0 N–H and O–H groups in total. The van der Waals surface area contributed by atoms with Crippen LogP contribution >= 0.6 is 0 Å². The summed E-state index contributed by atoms with van der Waals surface area (Å²) in [6, 6.07) is -1.25. The van der Waals surface area contributed by atoms with Crippen molar-refractivity contribution >= 4 is 5.97 Å². The number of ether oxygens (including phenoxy) is 1. The molecule has 0 aromatic heterocycles. The molecule has 0 bridgehead atoms. The number of nitrogens with zero attached hydrogens (tertiary/aromatic N) is 1. The highest BCUT2D eigenvalue weighted by molar-refractivity contribution is 5.73. The molecular weight excluding hydrogens is 138 g/mol. The van der Waals surface area contributed by atoms with E-state index in [9.17, 15) is 14.9 Å². The van der Waals surface area contributed by atoms with Gasteiger partial charge in [-0.25, -0.2) is 4.79 Å². The molecule has 0 rings (SSSR count). The van der Waals surface area contributed by atoms with Crippen LogP contribution in [0.1, 0.15) is 13.8 Å². The summed E-state index contributed by atoms with van der Waals surface area (Å²) in [7, 11) is 0. The third-order valence-electron chi connectivity index (χ3n) is 0.944. The van der Waals surface area contributed by atoms with Crippen molar-refractivity contribution in [2.24, 2.45) is 0 Å². The zero-order chi connectivity index (χ0) is 8.15. The van der Waals surface area contributed by atoms with Crippen LogP contribution in [0.4, 0.5) is 0 Å². The SMILES string of the molecule is CCOC(=O)[C@@H](C)[N+](=O)[O-]. The minimum atomic E-state index is -1.25. The molecule has 58 valence electrons. The summed E-state index contributed by atoms with van der Waals surface area (Å²) >= 11 is 0. The maximum absolute atomic E-state index is 10.5. The summed E-state index contributed by atoms with van der Waals surface area (Å²) in [5, 5.41) is 9.92. The van der Waals surface area contributed by atoms with Crippen LogP contribution in [0.25, 0.3) is 0 Å². The summed E-state index contributed by atoms with van der Waals surface area (Å²) in [4.78, 5) is 19.8. The van der Waals surface area contributed by atoms with Crippen molar-refractivity contribution in [3.05, 3.63) is 10.1 Å². The third-order valence-corrected chi connectivity index (χ3v) is 0.944. The first kappa shape index (κ1) is 8.87. The molecule has 0 heterocycles. The van der Waals surface area contributed by atoms with E-state index in [1.54, 1.807) is 6.92 Å². The van der Waals surface area contributed by atoms with Crippen molar-refractivity contribution in [1.29, 1.82) is 0 Å². The molecule has 0 radical (unpaired) electrons. The van der Waals surface area contributed by atoms with Gasteiger partial charge in [0, 0.05) is 11.8 Å². The molecule has 0 saturated carbocycles. The number of hydrogen-bond donors (Lipinski definition) is 0. The van der Waals surface area contributed by atoms with Gasteiger partial charge >= 0.3 is 12.0 Å². The minimum absolute atomic E-state index is 0.178. The van der Waals surface area contributed by atoms with Crippen LogP contribution in [-0.2, 0) is 9.53 Å². The van der Waals surface area contributed by atoms with Gasteiger partial charge in [-0.15, -0.1) is 0 Å². The molecule has 0 saturated heterocycles. The summed E-state index contributed by atoms with van der Waals surface area (Å²) in [6.45, 7) is 2.97. The topological polar surface area (TPSA) is 69.4 Å². The van der Waals surface area contributed by atoms with Crippen LogP contribution in [0.15, 0.2) is 0 Å². The van der Waals surface area contributed by atoms with Crippen LogP contribution in [0.3, 0.4) is 0 Å². The second-order valence-electron chi connectivity index (χ2n) is 1.71. The molecule has 10 heavy (non-hydrogen) atoms. The lowest BCUT2D eigenvalue weighted by atomic mass is 10.4. The average molecular weight is 147 g/mol. The summed E-state index contributed by atoms with van der Waals surface area (Å²) < 4.78 is 4.38. The van der Waals surface area contributed by atoms with Gasteiger partial charge in [-0.1, -0.05) is 0 Å². The Hall–Kier alpha value is -1.13. The highest BCUT2D eigenvalue weighted by Gasteiger charge is 2.24. The minimum Gasteiger partial charge on any atom is -0.461 e. The van der Waals surface area contributed by atoms with Crippen molar-refractivity contribution in [2.45, 2.75) is 19.9 Å². The normalized spacial score (nSPS) is 12.2. The van der Waals surface area contributed by atoms with Gasteiger partial charge in [0.1, 0.15) is 0 Å². The standard InChI is InChI=1S/C5H9NO4/c1-3-10-5(7)4(2)6(8)9/h4H,3H2,1-2H3/t4-/m1/s1. The predicted octanol–water partition coefficient (Wildman–Crippen LogP) is 0.215. The van der Waals surface area contributed by atoms with Gasteiger partial charge in [-0.3, -0.25) is 10.1 Å². The van der Waals surface area contributed by atoms with Crippen molar-refractivity contribution in [3.8, 4) is 0 Å². The van der Waals surface area contributed by atoms with E-state index >= 15 is 0 Å². The number of hydrogen-bond acceptors (Lipinski definition) is 4. The molecule has 0 aliphatic heterocycles. The van der Waals surface area contributed by atoms with Crippen molar-refractivity contribution in [3.63, 3.8) is 0 Å². The van der Waals surface area contributed by atoms with Crippen LogP contribution < -0.4 is 0 Å². The fourth-order valence-electron chi connectivity index (χ4n) is 0.349. The largest absolute Gasteiger partial charge is 0.461 e. The highest BCUT2D eigenvalue weighted by atomic mass is 16.6. The number of carbonyl (C=O) groups excluding carboxylic acids is 1. The molecule has 0 amide bonds. The van der Waals surface area contributed by atoms with Gasteiger partial charge in [0.2, 0.25) is 0 Å². The van der Waals surface area contributed by atoms with Gasteiger partial charge in [0.05, 0.1) is 6.61 Å². The number of rotatable bonds is 3. The van der Waals surface area contributed by atoms with E-state index in [2.05, 4.69) is 4.74 Å². The Labute approximate surface area is 58.1 Å². The molecule has 0 spiro atoms. The maximum atomic E-state index is 10.5. The van der Waals surface area contributed by atoms with E-state index < -0.39 is 16.9 Å². The van der Waals surface area contributed by atoms with Crippen molar-refractivity contribution < 1.29 is 14.5 Å². The smallest absolute Gasteiger partial charge is 0.381 e. The Balaban J connectivity index is 3.82. The van der Waals surface area contributed by atoms with Crippen LogP contribution in [0.5, 0.6) is 0 Å². The number of esters is 1. The molecule has 0 unspecified atom stereocenters. The molecule has 0 aromatic rings. The fourth-order valence-corrected chi connectivity index (χ4v) is 0.349. The number of carbonyl (C=O) groups is 1. The van der Waals surface area contributed by atoms with Crippen LogP contribution in [-0.4, -0.2) is 23.5 Å².